The Hall–Kier alpha value is -2.61. The molecule has 0 aliphatic rings. The number of carbonyl (C=O) groups is 3. The van der Waals surface area contributed by atoms with E-state index in [1.54, 1.807) is 26.0 Å². The van der Waals surface area contributed by atoms with Crippen LogP contribution in [0.4, 0.5) is 5.00 Å². The molecule has 0 radical (unpaired) electrons. The van der Waals surface area contributed by atoms with Crippen LogP contribution in [-0.2, 0) is 4.79 Å². The highest BCUT2D eigenvalue weighted by atomic mass is 32.1. The Kier molecular flexibility index (Phi) is 5.17. The van der Waals surface area contributed by atoms with Crippen LogP contribution in [0.2, 0.25) is 0 Å². The molecule has 2 amide bonds. The lowest BCUT2D eigenvalue weighted by Gasteiger charge is -2.17. The molecule has 0 saturated heterocycles. The summed E-state index contributed by atoms with van der Waals surface area (Å²) in [6.45, 7) is 3.38. The molecule has 0 aliphatic heterocycles. The van der Waals surface area contributed by atoms with Crippen LogP contribution in [0.15, 0.2) is 28.9 Å². The Morgan fingerprint density at radius 3 is 2.70 bits per heavy atom. The average Bonchev–Trinajstić information content (AvgIpc) is 3.13. The maximum atomic E-state index is 12.4. The van der Waals surface area contributed by atoms with Crippen molar-refractivity contribution in [1.29, 1.82) is 0 Å². The number of carbonyl (C=O) groups excluding carboxylic acids is 2. The number of thiophene rings is 1. The first kappa shape index (κ1) is 16.8. The second-order valence-corrected chi connectivity index (χ2v) is 5.82. The number of carboxylic acids is 1. The summed E-state index contributed by atoms with van der Waals surface area (Å²) in [5, 5.41) is 12.0. The van der Waals surface area contributed by atoms with Crippen molar-refractivity contribution < 1.29 is 23.9 Å². The van der Waals surface area contributed by atoms with E-state index in [1.807, 2.05) is 0 Å². The third-order valence-electron chi connectivity index (χ3n) is 3.09. The fourth-order valence-corrected chi connectivity index (χ4v) is 3.01. The first-order valence-corrected chi connectivity index (χ1v) is 7.70. The van der Waals surface area contributed by atoms with Crippen molar-refractivity contribution in [2.75, 3.05) is 18.4 Å². The van der Waals surface area contributed by atoms with Gasteiger partial charge in [0.05, 0.1) is 16.1 Å². The minimum Gasteiger partial charge on any atom is -0.480 e. The molecule has 0 spiro atoms. The number of aryl methyl sites for hydroxylation is 1. The number of nitrogens with one attached hydrogen (secondary N) is 1. The smallest absolute Gasteiger partial charge is 0.323 e. The fraction of sp³-hybridized carbons (Fsp3) is 0.267. The molecular weight excluding hydrogens is 320 g/mol. The Bertz CT molecular complexity index is 720. The normalized spacial score (nSPS) is 10.3. The summed E-state index contributed by atoms with van der Waals surface area (Å²) in [7, 11) is 0. The zero-order valence-electron chi connectivity index (χ0n) is 12.7. The minimum absolute atomic E-state index is 0.171. The zero-order valence-corrected chi connectivity index (χ0v) is 13.5. The van der Waals surface area contributed by atoms with Crippen molar-refractivity contribution in [3.05, 3.63) is 40.7 Å². The molecule has 0 fully saturated rings. The summed E-state index contributed by atoms with van der Waals surface area (Å²) in [4.78, 5) is 36.8. The number of hydrogen-bond acceptors (Lipinski definition) is 5. The predicted octanol–water partition coefficient (Wildman–Crippen LogP) is 2.45. The van der Waals surface area contributed by atoms with Gasteiger partial charge in [-0.25, -0.2) is 0 Å². The quantitative estimate of drug-likeness (QED) is 0.844. The van der Waals surface area contributed by atoms with E-state index in [2.05, 4.69) is 5.32 Å². The van der Waals surface area contributed by atoms with E-state index in [-0.39, 0.29) is 24.8 Å². The van der Waals surface area contributed by atoms with Crippen LogP contribution < -0.4 is 5.32 Å². The van der Waals surface area contributed by atoms with E-state index < -0.39 is 11.9 Å². The maximum absolute atomic E-state index is 12.4. The van der Waals surface area contributed by atoms with Crippen molar-refractivity contribution in [2.45, 2.75) is 13.8 Å². The van der Waals surface area contributed by atoms with Crippen LogP contribution in [0.3, 0.4) is 0 Å². The molecule has 2 aromatic rings. The molecule has 0 bridgehead atoms. The number of hydrogen-bond donors (Lipinski definition) is 2. The third-order valence-corrected chi connectivity index (χ3v) is 4.23. The van der Waals surface area contributed by atoms with Gasteiger partial charge in [-0.05, 0) is 37.6 Å². The van der Waals surface area contributed by atoms with E-state index in [1.165, 1.54) is 17.2 Å². The Morgan fingerprint density at radius 2 is 2.13 bits per heavy atom. The molecule has 0 aromatic carbocycles. The van der Waals surface area contributed by atoms with Crippen LogP contribution >= 0.6 is 11.3 Å². The highest BCUT2D eigenvalue weighted by Gasteiger charge is 2.22. The van der Waals surface area contributed by atoms with Crippen molar-refractivity contribution in [1.82, 2.24) is 4.90 Å². The van der Waals surface area contributed by atoms with Crippen molar-refractivity contribution in [3.8, 4) is 0 Å². The summed E-state index contributed by atoms with van der Waals surface area (Å²) in [6.07, 6.45) is 1.40. The van der Waals surface area contributed by atoms with Gasteiger partial charge >= 0.3 is 5.97 Å². The first-order valence-electron chi connectivity index (χ1n) is 6.88. The molecule has 122 valence electrons. The summed E-state index contributed by atoms with van der Waals surface area (Å²) < 4.78 is 5.00. The second-order valence-electron chi connectivity index (χ2n) is 4.77. The summed E-state index contributed by atoms with van der Waals surface area (Å²) in [6, 6.07) is 4.81. The number of amides is 2. The fourth-order valence-electron chi connectivity index (χ4n) is 1.97. The number of likely N-dealkylation sites (N-methyl/N-ethyl adjacent to an activating group) is 1. The molecule has 0 atom stereocenters. The number of rotatable bonds is 6. The molecule has 23 heavy (non-hydrogen) atoms. The molecule has 2 aromatic heterocycles. The van der Waals surface area contributed by atoms with Crippen LogP contribution in [0.25, 0.3) is 0 Å². The average molecular weight is 336 g/mol. The van der Waals surface area contributed by atoms with Gasteiger partial charge in [-0.1, -0.05) is 0 Å². The number of aliphatic carboxylic acids is 1. The zero-order chi connectivity index (χ0) is 17.0. The molecule has 2 heterocycles. The van der Waals surface area contributed by atoms with Crippen LogP contribution in [0.5, 0.6) is 0 Å². The summed E-state index contributed by atoms with van der Waals surface area (Å²) >= 11 is 1.11. The SMILES string of the molecule is CCN(CC(=O)O)C(=O)c1sc(NC(=O)c2ccco2)cc1C. The van der Waals surface area contributed by atoms with Gasteiger partial charge < -0.3 is 19.7 Å². The summed E-state index contributed by atoms with van der Waals surface area (Å²) in [5.41, 5.74) is 0.679. The van der Waals surface area contributed by atoms with Gasteiger partial charge in [0.1, 0.15) is 6.54 Å². The van der Waals surface area contributed by atoms with E-state index in [4.69, 9.17) is 9.52 Å². The predicted molar refractivity (Wildman–Crippen MR) is 84.9 cm³/mol. The van der Waals surface area contributed by atoms with Crippen molar-refractivity contribution in [2.24, 2.45) is 0 Å². The van der Waals surface area contributed by atoms with E-state index in [0.29, 0.717) is 15.4 Å². The highest BCUT2D eigenvalue weighted by molar-refractivity contribution is 7.18. The molecular formula is C15H16N2O5S. The lowest BCUT2D eigenvalue weighted by atomic mass is 10.2. The maximum Gasteiger partial charge on any atom is 0.323 e. The molecule has 0 unspecified atom stereocenters. The molecule has 0 saturated carbocycles. The van der Waals surface area contributed by atoms with Crippen LogP contribution in [0.1, 0.15) is 32.7 Å². The van der Waals surface area contributed by atoms with Gasteiger partial charge in [0, 0.05) is 6.54 Å². The molecule has 2 N–H and O–H groups in total. The number of carboxylic acid groups (broad SMARTS) is 1. The molecule has 8 heteroatoms. The van der Waals surface area contributed by atoms with Gasteiger partial charge in [0.15, 0.2) is 5.76 Å². The minimum atomic E-state index is -1.07. The largest absolute Gasteiger partial charge is 0.480 e. The topological polar surface area (TPSA) is 99.9 Å². The van der Waals surface area contributed by atoms with Gasteiger partial charge in [0.2, 0.25) is 0 Å². The van der Waals surface area contributed by atoms with Crippen molar-refractivity contribution >= 4 is 34.1 Å². The van der Waals surface area contributed by atoms with Gasteiger partial charge in [-0.2, -0.15) is 0 Å². The number of anilines is 1. The lowest BCUT2D eigenvalue weighted by Crippen LogP contribution is -2.35. The first-order chi connectivity index (χ1) is 10.9. The van der Waals surface area contributed by atoms with Gasteiger partial charge in [-0.15, -0.1) is 11.3 Å². The van der Waals surface area contributed by atoms with E-state index in [0.717, 1.165) is 11.3 Å². The third kappa shape index (κ3) is 3.98. The van der Waals surface area contributed by atoms with E-state index in [9.17, 15) is 14.4 Å². The second kappa shape index (κ2) is 7.10. The Morgan fingerprint density at radius 1 is 1.39 bits per heavy atom. The highest BCUT2D eigenvalue weighted by Crippen LogP contribution is 2.28. The number of furan rings is 1. The van der Waals surface area contributed by atoms with E-state index >= 15 is 0 Å². The monoisotopic (exact) mass is 336 g/mol. The Labute approximate surface area is 136 Å². The summed E-state index contributed by atoms with van der Waals surface area (Å²) in [5.74, 6) is -1.67. The standard InChI is InChI=1S/C15H16N2O5S/c1-3-17(8-12(18)19)15(21)13-9(2)7-11(23-13)16-14(20)10-5-4-6-22-10/h4-7H,3,8H2,1-2H3,(H,16,20)(H,18,19). The van der Waals surface area contributed by atoms with Gasteiger partial charge in [-0.3, -0.25) is 14.4 Å². The lowest BCUT2D eigenvalue weighted by molar-refractivity contribution is -0.137. The van der Waals surface area contributed by atoms with Crippen LogP contribution in [-0.4, -0.2) is 40.9 Å². The molecule has 7 nitrogen and oxygen atoms in total. The Balaban J connectivity index is 2.15. The molecule has 2 rings (SSSR count). The van der Waals surface area contributed by atoms with Crippen molar-refractivity contribution in [3.63, 3.8) is 0 Å². The van der Waals surface area contributed by atoms with Crippen LogP contribution in [0, 0.1) is 6.92 Å². The number of nitrogens with zero attached hydrogens (tertiary/aromatic N) is 1. The molecule has 0 aliphatic carbocycles. The van der Waals surface area contributed by atoms with Gasteiger partial charge in [0.25, 0.3) is 11.8 Å².